The van der Waals surface area contributed by atoms with Crippen molar-refractivity contribution in [1.82, 2.24) is 9.97 Å². The molecule has 6 nitrogen and oxygen atoms in total. The van der Waals surface area contributed by atoms with Gasteiger partial charge in [-0.3, -0.25) is 4.98 Å². The maximum atomic E-state index is 11.3. The average Bonchev–Trinajstić information content (AvgIpc) is 2.38. The van der Waals surface area contributed by atoms with Crippen LogP contribution in [0.5, 0.6) is 0 Å². The number of hydrogen-bond donors (Lipinski definition) is 1. The van der Waals surface area contributed by atoms with Crippen LogP contribution in [0.1, 0.15) is 23.3 Å². The van der Waals surface area contributed by atoms with Crippen molar-refractivity contribution in [3.8, 4) is 0 Å². The van der Waals surface area contributed by atoms with E-state index in [4.69, 9.17) is 5.73 Å². The number of anilines is 1. The number of methoxy groups -OCH3 is 1. The Hall–Kier alpha value is -1.69. The molecular formula is C11H16N4O2. The minimum Gasteiger partial charge on any atom is -0.464 e. The van der Waals surface area contributed by atoms with Gasteiger partial charge < -0.3 is 15.4 Å². The van der Waals surface area contributed by atoms with E-state index in [1.165, 1.54) is 13.3 Å². The first kappa shape index (κ1) is 11.8. The highest BCUT2D eigenvalue weighted by Gasteiger charge is 2.19. The number of esters is 1. The molecule has 0 spiro atoms. The second kappa shape index (κ2) is 5.09. The SMILES string of the molecule is COC(=O)c1cncc(N2CCCC(N)C2)n1. The third-order valence-corrected chi connectivity index (χ3v) is 2.80. The second-order valence-electron chi connectivity index (χ2n) is 4.10. The molecule has 1 aliphatic rings. The summed E-state index contributed by atoms with van der Waals surface area (Å²) in [5.74, 6) is 0.212. The Kier molecular flexibility index (Phi) is 3.53. The van der Waals surface area contributed by atoms with E-state index in [2.05, 4.69) is 14.7 Å². The number of aromatic nitrogens is 2. The van der Waals surface area contributed by atoms with E-state index < -0.39 is 5.97 Å². The van der Waals surface area contributed by atoms with Crippen LogP contribution in [-0.2, 0) is 4.74 Å². The summed E-state index contributed by atoms with van der Waals surface area (Å²) in [6.45, 7) is 1.65. The van der Waals surface area contributed by atoms with Crippen LogP contribution in [0.4, 0.5) is 5.82 Å². The van der Waals surface area contributed by atoms with Crippen molar-refractivity contribution in [3.63, 3.8) is 0 Å². The van der Waals surface area contributed by atoms with Crippen molar-refractivity contribution >= 4 is 11.8 Å². The molecule has 0 radical (unpaired) electrons. The third kappa shape index (κ3) is 2.71. The molecule has 1 aromatic rings. The Balaban J connectivity index is 2.17. The van der Waals surface area contributed by atoms with Crippen molar-refractivity contribution < 1.29 is 9.53 Å². The maximum absolute atomic E-state index is 11.3. The molecule has 92 valence electrons. The molecule has 1 atom stereocenters. The average molecular weight is 236 g/mol. The molecule has 1 aromatic heterocycles. The van der Waals surface area contributed by atoms with Gasteiger partial charge in [-0.15, -0.1) is 0 Å². The zero-order chi connectivity index (χ0) is 12.3. The summed E-state index contributed by atoms with van der Waals surface area (Å²) in [4.78, 5) is 21.6. The van der Waals surface area contributed by atoms with E-state index in [1.807, 2.05) is 4.90 Å². The molecule has 0 bridgehead atoms. The van der Waals surface area contributed by atoms with Gasteiger partial charge >= 0.3 is 5.97 Å². The lowest BCUT2D eigenvalue weighted by molar-refractivity contribution is 0.0593. The summed E-state index contributed by atoms with van der Waals surface area (Å²) in [5, 5.41) is 0. The number of nitrogens with two attached hydrogens (primary N) is 1. The molecule has 1 fully saturated rings. The number of ether oxygens (including phenoxy) is 1. The quantitative estimate of drug-likeness (QED) is 0.738. The molecule has 1 aliphatic heterocycles. The molecule has 0 aromatic carbocycles. The normalized spacial score (nSPS) is 20.1. The molecule has 2 heterocycles. The van der Waals surface area contributed by atoms with E-state index in [0.29, 0.717) is 5.82 Å². The summed E-state index contributed by atoms with van der Waals surface area (Å²) in [6.07, 6.45) is 5.11. The van der Waals surface area contributed by atoms with E-state index in [1.54, 1.807) is 6.20 Å². The molecule has 2 N–H and O–H groups in total. The first-order chi connectivity index (χ1) is 8.20. The van der Waals surface area contributed by atoms with E-state index >= 15 is 0 Å². The molecule has 6 heteroatoms. The Morgan fingerprint density at radius 1 is 1.59 bits per heavy atom. The Bertz CT molecular complexity index is 410. The van der Waals surface area contributed by atoms with Crippen molar-refractivity contribution in [2.24, 2.45) is 5.73 Å². The smallest absolute Gasteiger partial charge is 0.358 e. The maximum Gasteiger partial charge on any atom is 0.358 e. The van der Waals surface area contributed by atoms with Crippen molar-refractivity contribution in [2.75, 3.05) is 25.1 Å². The van der Waals surface area contributed by atoms with Crippen LogP contribution in [0.2, 0.25) is 0 Å². The van der Waals surface area contributed by atoms with Gasteiger partial charge in [0, 0.05) is 19.1 Å². The highest BCUT2D eigenvalue weighted by molar-refractivity contribution is 5.87. The van der Waals surface area contributed by atoms with E-state index in [0.717, 1.165) is 25.9 Å². The predicted octanol–water partition coefficient (Wildman–Crippen LogP) is 0.191. The first-order valence-corrected chi connectivity index (χ1v) is 5.61. The van der Waals surface area contributed by atoms with Gasteiger partial charge in [0.15, 0.2) is 5.69 Å². The molecular weight excluding hydrogens is 220 g/mol. The summed E-state index contributed by atoms with van der Waals surface area (Å²) < 4.78 is 4.62. The highest BCUT2D eigenvalue weighted by atomic mass is 16.5. The third-order valence-electron chi connectivity index (χ3n) is 2.80. The number of hydrogen-bond acceptors (Lipinski definition) is 6. The van der Waals surface area contributed by atoms with Crippen LogP contribution in [0.15, 0.2) is 12.4 Å². The summed E-state index contributed by atoms with van der Waals surface area (Å²) in [7, 11) is 1.33. The minimum atomic E-state index is -0.472. The number of carbonyl (C=O) groups excluding carboxylic acids is 1. The lowest BCUT2D eigenvalue weighted by Gasteiger charge is -2.31. The van der Waals surface area contributed by atoms with Gasteiger partial charge in [-0.1, -0.05) is 0 Å². The molecule has 17 heavy (non-hydrogen) atoms. The van der Waals surface area contributed by atoms with Gasteiger partial charge in [-0.25, -0.2) is 9.78 Å². The Morgan fingerprint density at radius 2 is 2.41 bits per heavy atom. The fraction of sp³-hybridized carbons (Fsp3) is 0.545. The first-order valence-electron chi connectivity index (χ1n) is 5.61. The molecule has 1 unspecified atom stereocenters. The van der Waals surface area contributed by atoms with Crippen molar-refractivity contribution in [1.29, 1.82) is 0 Å². The monoisotopic (exact) mass is 236 g/mol. The van der Waals surface area contributed by atoms with Crippen LogP contribution in [0, 0.1) is 0 Å². The predicted molar refractivity (Wildman–Crippen MR) is 62.8 cm³/mol. The minimum absolute atomic E-state index is 0.160. The Labute approximate surface area is 99.8 Å². The van der Waals surface area contributed by atoms with E-state index in [9.17, 15) is 4.79 Å². The summed E-state index contributed by atoms with van der Waals surface area (Å²) in [6, 6.07) is 0.160. The molecule has 0 amide bonds. The van der Waals surface area contributed by atoms with Gasteiger partial charge in [0.25, 0.3) is 0 Å². The van der Waals surface area contributed by atoms with E-state index in [-0.39, 0.29) is 11.7 Å². The zero-order valence-electron chi connectivity index (χ0n) is 9.80. The summed E-state index contributed by atoms with van der Waals surface area (Å²) >= 11 is 0. The van der Waals surface area contributed by atoms with Gasteiger partial charge in [0.1, 0.15) is 5.82 Å². The number of nitrogens with zero attached hydrogens (tertiary/aromatic N) is 3. The fourth-order valence-corrected chi connectivity index (χ4v) is 1.93. The van der Waals surface area contributed by atoms with Crippen molar-refractivity contribution in [2.45, 2.75) is 18.9 Å². The standard InChI is InChI=1S/C11H16N4O2/c1-17-11(16)9-5-13-6-10(14-9)15-4-2-3-8(12)7-15/h5-6,8H,2-4,7,12H2,1H3. The van der Waals surface area contributed by atoms with Crippen molar-refractivity contribution in [3.05, 3.63) is 18.1 Å². The highest BCUT2D eigenvalue weighted by Crippen LogP contribution is 2.16. The fourth-order valence-electron chi connectivity index (χ4n) is 1.93. The lowest BCUT2D eigenvalue weighted by Crippen LogP contribution is -2.43. The van der Waals surface area contributed by atoms with Crippen LogP contribution >= 0.6 is 0 Å². The molecule has 1 saturated heterocycles. The lowest BCUT2D eigenvalue weighted by atomic mass is 10.1. The summed E-state index contributed by atoms with van der Waals surface area (Å²) in [5.41, 5.74) is 6.13. The van der Waals surface area contributed by atoms with Gasteiger partial charge in [-0.2, -0.15) is 0 Å². The van der Waals surface area contributed by atoms with Gasteiger partial charge in [0.2, 0.25) is 0 Å². The number of carbonyl (C=O) groups is 1. The number of rotatable bonds is 2. The van der Waals surface area contributed by atoms with Crippen LogP contribution < -0.4 is 10.6 Å². The molecule has 0 saturated carbocycles. The second-order valence-corrected chi connectivity index (χ2v) is 4.10. The van der Waals surface area contributed by atoms with Gasteiger partial charge in [-0.05, 0) is 12.8 Å². The molecule has 2 rings (SSSR count). The molecule has 0 aliphatic carbocycles. The Morgan fingerprint density at radius 3 is 3.12 bits per heavy atom. The zero-order valence-corrected chi connectivity index (χ0v) is 9.80. The largest absolute Gasteiger partial charge is 0.464 e. The topological polar surface area (TPSA) is 81.3 Å². The van der Waals surface area contributed by atoms with Crippen LogP contribution in [-0.4, -0.2) is 42.2 Å². The van der Waals surface area contributed by atoms with Crippen LogP contribution in [0.25, 0.3) is 0 Å². The van der Waals surface area contributed by atoms with Crippen LogP contribution in [0.3, 0.4) is 0 Å². The number of piperidine rings is 1. The van der Waals surface area contributed by atoms with Gasteiger partial charge in [0.05, 0.1) is 19.5 Å².